The molecule has 0 amide bonds. The summed E-state index contributed by atoms with van der Waals surface area (Å²) in [4.78, 5) is 4.23. The SMILES string of the molecule is C=CC(C)Nc1cc(C)nc2c(F)cccc12. The first kappa shape index (κ1) is 11.6. The number of rotatable bonds is 3. The molecule has 2 nitrogen and oxygen atoms in total. The molecular weight excluding hydrogens is 215 g/mol. The van der Waals surface area contributed by atoms with E-state index >= 15 is 0 Å². The van der Waals surface area contributed by atoms with Crippen LogP contribution in [0.1, 0.15) is 12.6 Å². The van der Waals surface area contributed by atoms with Crippen LogP contribution in [0.3, 0.4) is 0 Å². The molecule has 0 aliphatic heterocycles. The zero-order valence-corrected chi connectivity index (χ0v) is 10.00. The Balaban J connectivity index is 2.61. The number of nitrogens with one attached hydrogen (secondary N) is 1. The highest BCUT2D eigenvalue weighted by molar-refractivity contribution is 5.91. The molecule has 3 heteroatoms. The van der Waals surface area contributed by atoms with Gasteiger partial charge in [-0.2, -0.15) is 0 Å². The normalized spacial score (nSPS) is 12.4. The number of aryl methyl sites for hydroxylation is 1. The summed E-state index contributed by atoms with van der Waals surface area (Å²) in [6.07, 6.45) is 1.81. The summed E-state index contributed by atoms with van der Waals surface area (Å²) in [5.41, 5.74) is 2.09. The Bertz CT molecular complexity index is 563. The molecular formula is C14H15FN2. The van der Waals surface area contributed by atoms with Crippen LogP contribution in [0.25, 0.3) is 10.9 Å². The first-order valence-electron chi connectivity index (χ1n) is 5.57. The summed E-state index contributed by atoms with van der Waals surface area (Å²) in [7, 11) is 0. The summed E-state index contributed by atoms with van der Waals surface area (Å²) >= 11 is 0. The van der Waals surface area contributed by atoms with Crippen molar-refractivity contribution in [1.29, 1.82) is 0 Å². The predicted octanol–water partition coefficient (Wildman–Crippen LogP) is 3.67. The van der Waals surface area contributed by atoms with Crippen molar-refractivity contribution in [2.24, 2.45) is 0 Å². The molecule has 1 unspecified atom stereocenters. The third-order valence-corrected chi connectivity index (χ3v) is 2.66. The average Bonchev–Trinajstić information content (AvgIpc) is 2.30. The van der Waals surface area contributed by atoms with Crippen LogP contribution in [0.4, 0.5) is 10.1 Å². The van der Waals surface area contributed by atoms with Crippen LogP contribution in [0.5, 0.6) is 0 Å². The van der Waals surface area contributed by atoms with Crippen LogP contribution < -0.4 is 5.32 Å². The number of hydrogen-bond donors (Lipinski definition) is 1. The minimum atomic E-state index is -0.291. The molecule has 17 heavy (non-hydrogen) atoms. The van der Waals surface area contributed by atoms with Crippen molar-refractivity contribution in [3.05, 3.63) is 48.4 Å². The lowest BCUT2D eigenvalue weighted by molar-refractivity contribution is 0.636. The Morgan fingerprint density at radius 2 is 2.24 bits per heavy atom. The minimum absolute atomic E-state index is 0.128. The number of benzene rings is 1. The summed E-state index contributed by atoms with van der Waals surface area (Å²) in [5, 5.41) is 4.07. The van der Waals surface area contributed by atoms with E-state index in [1.807, 2.05) is 26.0 Å². The minimum Gasteiger partial charge on any atom is -0.379 e. The van der Waals surface area contributed by atoms with Crippen molar-refractivity contribution < 1.29 is 4.39 Å². The molecule has 1 aromatic carbocycles. The molecule has 0 fully saturated rings. The predicted molar refractivity (Wildman–Crippen MR) is 69.7 cm³/mol. The topological polar surface area (TPSA) is 24.9 Å². The second kappa shape index (κ2) is 4.53. The molecule has 0 radical (unpaired) electrons. The van der Waals surface area contributed by atoms with Crippen LogP contribution >= 0.6 is 0 Å². The molecule has 0 saturated carbocycles. The summed E-state index contributed by atoms with van der Waals surface area (Å²) < 4.78 is 13.7. The Morgan fingerprint density at radius 1 is 1.47 bits per heavy atom. The summed E-state index contributed by atoms with van der Waals surface area (Å²) in [6.45, 7) is 7.58. The molecule has 0 aliphatic rings. The Kier molecular flexibility index (Phi) is 3.09. The van der Waals surface area contributed by atoms with Gasteiger partial charge in [-0.3, -0.25) is 0 Å². The third-order valence-electron chi connectivity index (χ3n) is 2.66. The molecule has 1 aromatic heterocycles. The van der Waals surface area contributed by atoms with Gasteiger partial charge in [0.05, 0.1) is 0 Å². The number of halogens is 1. The molecule has 2 aromatic rings. The number of anilines is 1. The van der Waals surface area contributed by atoms with Gasteiger partial charge in [0, 0.05) is 22.8 Å². The van der Waals surface area contributed by atoms with E-state index in [1.54, 1.807) is 12.1 Å². The zero-order chi connectivity index (χ0) is 12.4. The molecule has 0 aliphatic carbocycles. The lowest BCUT2D eigenvalue weighted by Gasteiger charge is -2.14. The maximum Gasteiger partial charge on any atom is 0.149 e. The van der Waals surface area contributed by atoms with Crippen LogP contribution in [0.2, 0.25) is 0 Å². The number of nitrogens with zero attached hydrogens (tertiary/aromatic N) is 1. The van der Waals surface area contributed by atoms with E-state index in [0.29, 0.717) is 5.52 Å². The smallest absolute Gasteiger partial charge is 0.149 e. The number of aromatic nitrogens is 1. The van der Waals surface area contributed by atoms with Crippen LogP contribution in [0, 0.1) is 12.7 Å². The van der Waals surface area contributed by atoms with Gasteiger partial charge in [-0.25, -0.2) is 9.37 Å². The van der Waals surface area contributed by atoms with E-state index in [1.165, 1.54) is 6.07 Å². The molecule has 2 rings (SSSR count). The molecule has 0 spiro atoms. The second-order valence-electron chi connectivity index (χ2n) is 4.12. The van der Waals surface area contributed by atoms with Crippen LogP contribution in [-0.2, 0) is 0 Å². The lowest BCUT2D eigenvalue weighted by Crippen LogP contribution is -2.12. The first-order chi connectivity index (χ1) is 8.11. The van der Waals surface area contributed by atoms with Gasteiger partial charge in [0.25, 0.3) is 0 Å². The lowest BCUT2D eigenvalue weighted by atomic mass is 10.1. The van der Waals surface area contributed by atoms with Crippen molar-refractivity contribution in [2.45, 2.75) is 19.9 Å². The molecule has 1 N–H and O–H groups in total. The Hall–Kier alpha value is -1.90. The van der Waals surface area contributed by atoms with Crippen molar-refractivity contribution >= 4 is 16.6 Å². The van der Waals surface area contributed by atoms with Gasteiger partial charge in [-0.1, -0.05) is 18.2 Å². The monoisotopic (exact) mass is 230 g/mol. The fourth-order valence-corrected chi connectivity index (χ4v) is 1.77. The number of hydrogen-bond acceptors (Lipinski definition) is 2. The van der Waals surface area contributed by atoms with Crippen LogP contribution in [0.15, 0.2) is 36.9 Å². The standard InChI is InChI=1S/C14H15FN2/c1-4-9(2)16-13-8-10(3)17-14-11(13)6-5-7-12(14)15/h4-9H,1H2,2-3H3,(H,16,17). The van der Waals surface area contributed by atoms with Crippen molar-refractivity contribution in [3.8, 4) is 0 Å². The Labute approximate surface area is 100 Å². The Morgan fingerprint density at radius 3 is 2.94 bits per heavy atom. The van der Waals surface area contributed by atoms with Gasteiger partial charge in [-0.05, 0) is 26.0 Å². The van der Waals surface area contributed by atoms with E-state index in [0.717, 1.165) is 16.8 Å². The van der Waals surface area contributed by atoms with Gasteiger partial charge < -0.3 is 5.32 Å². The third kappa shape index (κ3) is 2.28. The number of para-hydroxylation sites is 1. The van der Waals surface area contributed by atoms with Gasteiger partial charge >= 0.3 is 0 Å². The number of fused-ring (bicyclic) bond motifs is 1. The van der Waals surface area contributed by atoms with E-state index < -0.39 is 0 Å². The van der Waals surface area contributed by atoms with Crippen molar-refractivity contribution in [2.75, 3.05) is 5.32 Å². The second-order valence-corrected chi connectivity index (χ2v) is 4.12. The van der Waals surface area contributed by atoms with Gasteiger partial charge in [-0.15, -0.1) is 6.58 Å². The van der Waals surface area contributed by atoms with Crippen LogP contribution in [-0.4, -0.2) is 11.0 Å². The molecule has 0 saturated heterocycles. The highest BCUT2D eigenvalue weighted by Crippen LogP contribution is 2.25. The van der Waals surface area contributed by atoms with Crippen molar-refractivity contribution in [3.63, 3.8) is 0 Å². The van der Waals surface area contributed by atoms with E-state index in [4.69, 9.17) is 0 Å². The largest absolute Gasteiger partial charge is 0.379 e. The quantitative estimate of drug-likeness (QED) is 0.814. The fraction of sp³-hybridized carbons (Fsp3) is 0.214. The molecule has 1 heterocycles. The highest BCUT2D eigenvalue weighted by atomic mass is 19.1. The van der Waals surface area contributed by atoms with Crippen molar-refractivity contribution in [1.82, 2.24) is 4.98 Å². The van der Waals surface area contributed by atoms with E-state index in [9.17, 15) is 4.39 Å². The fourth-order valence-electron chi connectivity index (χ4n) is 1.77. The van der Waals surface area contributed by atoms with E-state index in [-0.39, 0.29) is 11.9 Å². The van der Waals surface area contributed by atoms with Gasteiger partial charge in [0.1, 0.15) is 11.3 Å². The van der Waals surface area contributed by atoms with E-state index in [2.05, 4.69) is 16.9 Å². The summed E-state index contributed by atoms with van der Waals surface area (Å²) in [5.74, 6) is -0.291. The maximum atomic E-state index is 13.7. The first-order valence-corrected chi connectivity index (χ1v) is 5.57. The highest BCUT2D eigenvalue weighted by Gasteiger charge is 2.08. The zero-order valence-electron chi connectivity index (χ0n) is 10.00. The maximum absolute atomic E-state index is 13.7. The summed E-state index contributed by atoms with van der Waals surface area (Å²) in [6, 6.07) is 7.03. The number of pyridine rings is 1. The van der Waals surface area contributed by atoms with Gasteiger partial charge in [0.15, 0.2) is 0 Å². The van der Waals surface area contributed by atoms with Gasteiger partial charge in [0.2, 0.25) is 0 Å². The average molecular weight is 230 g/mol. The molecule has 88 valence electrons. The molecule has 0 bridgehead atoms. The molecule has 1 atom stereocenters.